The van der Waals surface area contributed by atoms with Crippen molar-refractivity contribution in [3.8, 4) is 11.5 Å². The van der Waals surface area contributed by atoms with Crippen molar-refractivity contribution in [2.45, 2.75) is 51.1 Å². The Balaban J connectivity index is 1.87. The number of aryl methyl sites for hydroxylation is 1. The fraction of sp³-hybridized carbons (Fsp3) is 0.345. The van der Waals surface area contributed by atoms with Crippen LogP contribution in [0.2, 0.25) is 0 Å². The van der Waals surface area contributed by atoms with Crippen LogP contribution in [-0.4, -0.2) is 37.1 Å². The number of nitrogens with one attached hydrogen (secondary N) is 1. The molecule has 188 valence electrons. The van der Waals surface area contributed by atoms with Gasteiger partial charge in [-0.2, -0.15) is 0 Å². The number of pyridine rings is 1. The lowest BCUT2D eigenvalue weighted by atomic mass is 9.94. The van der Waals surface area contributed by atoms with E-state index in [9.17, 15) is 9.59 Å². The lowest BCUT2D eigenvalue weighted by Crippen LogP contribution is -2.47. The van der Waals surface area contributed by atoms with Crippen LogP contribution in [0.25, 0.3) is 0 Å². The lowest BCUT2D eigenvalue weighted by Gasteiger charge is -2.34. The summed E-state index contributed by atoms with van der Waals surface area (Å²) in [5.74, 6) is 0.410. The molecule has 2 amide bonds. The van der Waals surface area contributed by atoms with E-state index >= 15 is 0 Å². The van der Waals surface area contributed by atoms with Gasteiger partial charge in [-0.15, -0.1) is 0 Å². The standard InChI is InChI=1S/C29H33N3O4/c1-20-12-14-22(15-13-20)32(29(34)25-11-7-8-18-30-25)27(28(33)31-21-9-5-4-6-10-21)24-19-23(35-2)16-17-26(24)36-3/h7-8,11-19,21,27H,4-6,9-10H2,1-3H3,(H,31,33)/t27-/m1/s1. The molecule has 1 aromatic heterocycles. The van der Waals surface area contributed by atoms with E-state index in [1.54, 1.807) is 56.8 Å². The van der Waals surface area contributed by atoms with E-state index in [4.69, 9.17) is 9.47 Å². The first-order chi connectivity index (χ1) is 17.5. The summed E-state index contributed by atoms with van der Waals surface area (Å²) in [4.78, 5) is 33.9. The monoisotopic (exact) mass is 487 g/mol. The molecule has 1 aliphatic rings. The molecule has 1 fully saturated rings. The number of carbonyl (C=O) groups is 2. The summed E-state index contributed by atoms with van der Waals surface area (Å²) in [7, 11) is 3.12. The van der Waals surface area contributed by atoms with E-state index in [-0.39, 0.29) is 23.6 Å². The number of amides is 2. The van der Waals surface area contributed by atoms with E-state index in [0.717, 1.165) is 31.2 Å². The van der Waals surface area contributed by atoms with Crippen molar-refractivity contribution in [2.75, 3.05) is 19.1 Å². The number of benzene rings is 2. The molecule has 1 aliphatic carbocycles. The van der Waals surface area contributed by atoms with Crippen LogP contribution in [-0.2, 0) is 4.79 Å². The molecule has 2 aromatic carbocycles. The van der Waals surface area contributed by atoms with E-state index in [0.29, 0.717) is 22.7 Å². The van der Waals surface area contributed by atoms with E-state index < -0.39 is 6.04 Å². The molecule has 1 heterocycles. The molecule has 0 radical (unpaired) electrons. The van der Waals surface area contributed by atoms with Gasteiger partial charge in [0.15, 0.2) is 0 Å². The van der Waals surface area contributed by atoms with Crippen molar-refractivity contribution in [2.24, 2.45) is 0 Å². The maximum absolute atomic E-state index is 14.1. The van der Waals surface area contributed by atoms with Crippen LogP contribution in [0.4, 0.5) is 5.69 Å². The summed E-state index contributed by atoms with van der Waals surface area (Å²) in [6.45, 7) is 1.98. The van der Waals surface area contributed by atoms with Gasteiger partial charge in [0.05, 0.1) is 14.2 Å². The molecule has 4 rings (SSSR count). The first-order valence-corrected chi connectivity index (χ1v) is 12.4. The van der Waals surface area contributed by atoms with Gasteiger partial charge in [-0.05, 0) is 62.2 Å². The van der Waals surface area contributed by atoms with Crippen LogP contribution in [0.3, 0.4) is 0 Å². The Morgan fingerprint density at radius 1 is 0.972 bits per heavy atom. The average Bonchev–Trinajstić information content (AvgIpc) is 2.92. The quantitative estimate of drug-likeness (QED) is 0.470. The van der Waals surface area contributed by atoms with Gasteiger partial charge >= 0.3 is 0 Å². The second kappa shape index (κ2) is 11.7. The van der Waals surface area contributed by atoms with Gasteiger partial charge < -0.3 is 14.8 Å². The highest BCUT2D eigenvalue weighted by Crippen LogP contribution is 2.37. The Hall–Kier alpha value is -3.87. The van der Waals surface area contributed by atoms with Crippen molar-refractivity contribution in [1.29, 1.82) is 0 Å². The third kappa shape index (κ3) is 5.67. The molecule has 3 aromatic rings. The van der Waals surface area contributed by atoms with E-state index in [1.165, 1.54) is 11.3 Å². The Labute approximate surface area is 212 Å². The molecule has 36 heavy (non-hydrogen) atoms. The zero-order chi connectivity index (χ0) is 25.5. The van der Waals surface area contributed by atoms with Crippen molar-refractivity contribution < 1.29 is 19.1 Å². The van der Waals surface area contributed by atoms with Gasteiger partial charge in [0, 0.05) is 23.5 Å². The molecule has 1 atom stereocenters. The third-order valence-electron chi connectivity index (χ3n) is 6.60. The number of nitrogens with zero attached hydrogens (tertiary/aromatic N) is 2. The number of methoxy groups -OCH3 is 2. The smallest absolute Gasteiger partial charge is 0.277 e. The normalized spacial score (nSPS) is 14.5. The fourth-order valence-corrected chi connectivity index (χ4v) is 4.68. The predicted octanol–water partition coefficient (Wildman–Crippen LogP) is 5.24. The number of aromatic nitrogens is 1. The summed E-state index contributed by atoms with van der Waals surface area (Å²) in [5, 5.41) is 3.22. The van der Waals surface area contributed by atoms with Crippen LogP contribution in [0.5, 0.6) is 11.5 Å². The summed E-state index contributed by atoms with van der Waals surface area (Å²) < 4.78 is 11.1. The largest absolute Gasteiger partial charge is 0.497 e. The summed E-state index contributed by atoms with van der Waals surface area (Å²) >= 11 is 0. The van der Waals surface area contributed by atoms with Crippen LogP contribution >= 0.6 is 0 Å². The minimum atomic E-state index is -1.01. The molecule has 7 nitrogen and oxygen atoms in total. The number of rotatable bonds is 8. The lowest BCUT2D eigenvalue weighted by molar-refractivity contribution is -0.123. The van der Waals surface area contributed by atoms with Crippen LogP contribution < -0.4 is 19.7 Å². The summed E-state index contributed by atoms with van der Waals surface area (Å²) in [5.41, 5.74) is 2.42. The van der Waals surface area contributed by atoms with Crippen molar-refractivity contribution in [3.63, 3.8) is 0 Å². The van der Waals surface area contributed by atoms with E-state index in [2.05, 4.69) is 10.3 Å². The minimum absolute atomic E-state index is 0.0650. The topological polar surface area (TPSA) is 80.8 Å². The molecule has 0 unspecified atom stereocenters. The van der Waals surface area contributed by atoms with Crippen molar-refractivity contribution in [1.82, 2.24) is 10.3 Å². The summed E-state index contributed by atoms with van der Waals surface area (Å²) in [6.07, 6.45) is 6.75. The van der Waals surface area contributed by atoms with Gasteiger partial charge in [0.2, 0.25) is 5.91 Å². The molecule has 0 spiro atoms. The maximum Gasteiger partial charge on any atom is 0.277 e. The highest BCUT2D eigenvalue weighted by atomic mass is 16.5. The SMILES string of the molecule is COc1ccc(OC)c([C@H](C(=O)NC2CCCCC2)N(C(=O)c2ccccn2)c2ccc(C)cc2)c1. The van der Waals surface area contributed by atoms with Gasteiger partial charge in [0.25, 0.3) is 5.91 Å². The van der Waals surface area contributed by atoms with Crippen LogP contribution in [0, 0.1) is 6.92 Å². The molecule has 7 heteroatoms. The van der Waals surface area contributed by atoms with Crippen LogP contribution in [0.15, 0.2) is 66.9 Å². The highest BCUT2D eigenvalue weighted by molar-refractivity contribution is 6.09. The minimum Gasteiger partial charge on any atom is -0.497 e. The molecular formula is C29H33N3O4. The molecular weight excluding hydrogens is 454 g/mol. The van der Waals surface area contributed by atoms with Gasteiger partial charge in [-0.25, -0.2) is 0 Å². The first kappa shape index (κ1) is 25.2. The molecule has 1 N–H and O–H groups in total. The Morgan fingerprint density at radius 2 is 1.72 bits per heavy atom. The molecule has 0 aliphatic heterocycles. The zero-order valence-electron chi connectivity index (χ0n) is 21.1. The molecule has 0 saturated heterocycles. The third-order valence-corrected chi connectivity index (χ3v) is 6.60. The molecule has 0 bridgehead atoms. The first-order valence-electron chi connectivity index (χ1n) is 12.4. The number of ether oxygens (including phenoxy) is 2. The van der Waals surface area contributed by atoms with Gasteiger partial charge in [0.1, 0.15) is 23.2 Å². The maximum atomic E-state index is 14.1. The van der Waals surface area contributed by atoms with Gasteiger partial charge in [-0.1, -0.05) is 43.0 Å². The zero-order valence-corrected chi connectivity index (χ0v) is 21.1. The van der Waals surface area contributed by atoms with Crippen LogP contribution in [0.1, 0.15) is 59.8 Å². The predicted molar refractivity (Wildman–Crippen MR) is 140 cm³/mol. The second-order valence-electron chi connectivity index (χ2n) is 9.08. The highest BCUT2D eigenvalue weighted by Gasteiger charge is 2.37. The van der Waals surface area contributed by atoms with Gasteiger partial charge in [-0.3, -0.25) is 19.5 Å². The second-order valence-corrected chi connectivity index (χ2v) is 9.08. The Kier molecular flexibility index (Phi) is 8.21. The average molecular weight is 488 g/mol. The van der Waals surface area contributed by atoms with E-state index in [1.807, 2.05) is 31.2 Å². The molecule has 1 saturated carbocycles. The fourth-order valence-electron chi connectivity index (χ4n) is 4.68. The van der Waals surface area contributed by atoms with Crippen molar-refractivity contribution in [3.05, 3.63) is 83.7 Å². The Bertz CT molecular complexity index is 1170. The number of anilines is 1. The van der Waals surface area contributed by atoms with Crippen molar-refractivity contribution >= 4 is 17.5 Å². The summed E-state index contributed by atoms with van der Waals surface area (Å²) in [6, 6.07) is 17.1. The Morgan fingerprint density at radius 3 is 2.36 bits per heavy atom. The number of hydrogen-bond donors (Lipinski definition) is 1. The number of hydrogen-bond acceptors (Lipinski definition) is 5. The number of carbonyl (C=O) groups excluding carboxylic acids is 2.